The van der Waals surface area contributed by atoms with Crippen molar-refractivity contribution in [2.75, 3.05) is 20.1 Å². The molecule has 0 saturated carbocycles. The van der Waals surface area contributed by atoms with E-state index in [1.807, 2.05) is 6.92 Å². The van der Waals surface area contributed by atoms with Crippen LogP contribution in [0.3, 0.4) is 0 Å². The lowest BCUT2D eigenvalue weighted by Crippen LogP contribution is -2.49. The molecular formula is C10H22N4. The number of nitrogens with one attached hydrogen (secondary N) is 1. The quantitative estimate of drug-likeness (QED) is 0.498. The number of rotatable bonds is 2. The smallest absolute Gasteiger partial charge is 0.188 e. The molecule has 0 radical (unpaired) electrons. The lowest BCUT2D eigenvalue weighted by molar-refractivity contribution is 0.177. The van der Waals surface area contributed by atoms with Gasteiger partial charge in [0.1, 0.15) is 0 Å². The number of nitrogens with zero attached hydrogens (tertiary/aromatic N) is 2. The minimum Gasteiger partial charge on any atom is -0.370 e. The van der Waals surface area contributed by atoms with Crippen LogP contribution in [-0.4, -0.2) is 43.1 Å². The summed E-state index contributed by atoms with van der Waals surface area (Å²) in [7, 11) is 2.17. The number of hydrogen-bond donors (Lipinski definition) is 2. The summed E-state index contributed by atoms with van der Waals surface area (Å²) in [6.07, 6.45) is 2.30. The Kier molecular flexibility index (Phi) is 4.20. The molecule has 0 aromatic carbocycles. The third-order valence-electron chi connectivity index (χ3n) is 2.89. The van der Waals surface area contributed by atoms with Crippen molar-refractivity contribution in [2.45, 2.75) is 38.8 Å². The van der Waals surface area contributed by atoms with Crippen molar-refractivity contribution in [3.05, 3.63) is 0 Å². The van der Waals surface area contributed by atoms with Crippen LogP contribution in [0.5, 0.6) is 0 Å². The van der Waals surface area contributed by atoms with E-state index in [2.05, 4.69) is 29.2 Å². The van der Waals surface area contributed by atoms with E-state index in [0.29, 0.717) is 18.0 Å². The fourth-order valence-corrected chi connectivity index (χ4v) is 1.85. The first-order valence-corrected chi connectivity index (χ1v) is 5.40. The molecule has 0 aromatic rings. The van der Waals surface area contributed by atoms with Crippen LogP contribution in [0.2, 0.25) is 0 Å². The predicted molar refractivity (Wildman–Crippen MR) is 60.4 cm³/mol. The van der Waals surface area contributed by atoms with Gasteiger partial charge in [0, 0.05) is 25.2 Å². The highest BCUT2D eigenvalue weighted by atomic mass is 15.2. The summed E-state index contributed by atoms with van der Waals surface area (Å²) in [5.74, 6) is 0.592. The van der Waals surface area contributed by atoms with E-state index in [0.717, 1.165) is 25.9 Å². The molecule has 2 atom stereocenters. The molecule has 0 bridgehead atoms. The number of piperidine rings is 1. The third kappa shape index (κ3) is 3.18. The van der Waals surface area contributed by atoms with Gasteiger partial charge in [0.25, 0.3) is 0 Å². The van der Waals surface area contributed by atoms with Crippen molar-refractivity contribution in [3.63, 3.8) is 0 Å². The third-order valence-corrected chi connectivity index (χ3v) is 2.89. The van der Waals surface area contributed by atoms with Gasteiger partial charge in [-0.1, -0.05) is 0 Å². The molecule has 1 aliphatic heterocycles. The number of hydrogen-bond acceptors (Lipinski definition) is 2. The van der Waals surface area contributed by atoms with Gasteiger partial charge < -0.3 is 16.0 Å². The van der Waals surface area contributed by atoms with Crippen LogP contribution in [0, 0.1) is 0 Å². The molecule has 1 heterocycles. The lowest BCUT2D eigenvalue weighted by atomic mass is 9.99. The Morgan fingerprint density at radius 2 is 2.36 bits per heavy atom. The molecule has 2 unspecified atom stereocenters. The molecule has 82 valence electrons. The second-order valence-electron chi connectivity index (χ2n) is 4.05. The maximum atomic E-state index is 5.72. The molecule has 1 rings (SSSR count). The molecule has 4 nitrogen and oxygen atoms in total. The van der Waals surface area contributed by atoms with Crippen molar-refractivity contribution in [2.24, 2.45) is 10.7 Å². The van der Waals surface area contributed by atoms with E-state index < -0.39 is 0 Å². The molecule has 1 fully saturated rings. The lowest BCUT2D eigenvalue weighted by Gasteiger charge is -2.35. The minimum atomic E-state index is 0.497. The number of aliphatic imine (C=N–C) groups is 1. The van der Waals surface area contributed by atoms with Gasteiger partial charge in [-0.2, -0.15) is 0 Å². The van der Waals surface area contributed by atoms with Crippen molar-refractivity contribution in [1.29, 1.82) is 0 Å². The van der Waals surface area contributed by atoms with E-state index in [4.69, 9.17) is 5.73 Å². The summed E-state index contributed by atoms with van der Waals surface area (Å²) in [6, 6.07) is 1.13. The Morgan fingerprint density at radius 1 is 1.64 bits per heavy atom. The van der Waals surface area contributed by atoms with Crippen molar-refractivity contribution in [1.82, 2.24) is 10.2 Å². The summed E-state index contributed by atoms with van der Waals surface area (Å²) in [6.45, 7) is 6.13. The predicted octanol–water partition coefficient (Wildman–Crippen LogP) is 0.393. The van der Waals surface area contributed by atoms with Crippen molar-refractivity contribution in [3.8, 4) is 0 Å². The summed E-state index contributed by atoms with van der Waals surface area (Å²) in [5, 5.41) is 3.27. The van der Waals surface area contributed by atoms with E-state index in [1.54, 1.807) is 0 Å². The molecule has 14 heavy (non-hydrogen) atoms. The maximum absolute atomic E-state index is 5.72. The van der Waals surface area contributed by atoms with Crippen LogP contribution in [-0.2, 0) is 0 Å². The first-order chi connectivity index (χ1) is 6.63. The van der Waals surface area contributed by atoms with Crippen LogP contribution in [0.1, 0.15) is 26.7 Å². The molecule has 0 amide bonds. The zero-order valence-electron chi connectivity index (χ0n) is 9.45. The Morgan fingerprint density at radius 3 is 2.93 bits per heavy atom. The van der Waals surface area contributed by atoms with Crippen molar-refractivity contribution >= 4 is 5.96 Å². The summed E-state index contributed by atoms with van der Waals surface area (Å²) >= 11 is 0. The topological polar surface area (TPSA) is 53.6 Å². The summed E-state index contributed by atoms with van der Waals surface area (Å²) in [4.78, 5) is 6.51. The van der Waals surface area contributed by atoms with E-state index >= 15 is 0 Å². The van der Waals surface area contributed by atoms with E-state index in [1.165, 1.54) is 0 Å². The van der Waals surface area contributed by atoms with Gasteiger partial charge in [0.15, 0.2) is 5.96 Å². The number of likely N-dealkylation sites (tertiary alicyclic amines) is 1. The van der Waals surface area contributed by atoms with E-state index in [-0.39, 0.29) is 0 Å². The first-order valence-electron chi connectivity index (χ1n) is 5.40. The average molecular weight is 198 g/mol. The van der Waals surface area contributed by atoms with Crippen LogP contribution < -0.4 is 11.1 Å². The second-order valence-corrected chi connectivity index (χ2v) is 4.05. The van der Waals surface area contributed by atoms with Crippen LogP contribution in [0.15, 0.2) is 4.99 Å². The van der Waals surface area contributed by atoms with Gasteiger partial charge in [0.05, 0.1) is 0 Å². The Bertz CT molecular complexity index is 202. The number of nitrogens with two attached hydrogens (primary N) is 1. The fourth-order valence-electron chi connectivity index (χ4n) is 1.85. The van der Waals surface area contributed by atoms with Gasteiger partial charge in [0.2, 0.25) is 0 Å². The zero-order chi connectivity index (χ0) is 10.6. The van der Waals surface area contributed by atoms with E-state index in [9.17, 15) is 0 Å². The molecule has 0 aromatic heterocycles. The summed E-state index contributed by atoms with van der Waals surface area (Å²) in [5.41, 5.74) is 5.72. The number of guanidine groups is 1. The SMILES string of the molecule is CCN=C(N)NC1CCN(C)C(C)C1. The van der Waals surface area contributed by atoms with Gasteiger partial charge in [-0.3, -0.25) is 4.99 Å². The minimum absolute atomic E-state index is 0.497. The van der Waals surface area contributed by atoms with Gasteiger partial charge in [-0.05, 0) is 33.7 Å². The molecule has 4 heteroatoms. The Hall–Kier alpha value is -0.770. The van der Waals surface area contributed by atoms with Gasteiger partial charge in [-0.15, -0.1) is 0 Å². The molecule has 1 aliphatic rings. The maximum Gasteiger partial charge on any atom is 0.188 e. The normalized spacial score (nSPS) is 30.4. The first kappa shape index (κ1) is 11.3. The largest absolute Gasteiger partial charge is 0.370 e. The second kappa shape index (κ2) is 5.20. The van der Waals surface area contributed by atoms with Crippen molar-refractivity contribution < 1.29 is 0 Å². The molecule has 0 aliphatic carbocycles. The monoisotopic (exact) mass is 198 g/mol. The molecule has 1 saturated heterocycles. The fraction of sp³-hybridized carbons (Fsp3) is 0.900. The standard InChI is InChI=1S/C10H22N4/c1-4-12-10(11)13-9-5-6-14(3)8(2)7-9/h8-9H,4-7H2,1-3H3,(H3,11,12,13). The van der Waals surface area contributed by atoms with Gasteiger partial charge >= 0.3 is 0 Å². The van der Waals surface area contributed by atoms with Crippen LogP contribution in [0.4, 0.5) is 0 Å². The Labute approximate surface area is 86.6 Å². The average Bonchev–Trinajstić information content (AvgIpc) is 2.12. The molecule has 0 spiro atoms. The highest BCUT2D eigenvalue weighted by Crippen LogP contribution is 2.14. The highest BCUT2D eigenvalue weighted by molar-refractivity contribution is 5.78. The zero-order valence-corrected chi connectivity index (χ0v) is 9.45. The molecular weight excluding hydrogens is 176 g/mol. The van der Waals surface area contributed by atoms with Crippen LogP contribution in [0.25, 0.3) is 0 Å². The van der Waals surface area contributed by atoms with Crippen LogP contribution >= 0.6 is 0 Å². The molecule has 3 N–H and O–H groups in total. The van der Waals surface area contributed by atoms with Gasteiger partial charge in [-0.25, -0.2) is 0 Å². The summed E-state index contributed by atoms with van der Waals surface area (Å²) < 4.78 is 0. The highest BCUT2D eigenvalue weighted by Gasteiger charge is 2.22. The Balaban J connectivity index is 2.36.